The number of sulfone groups is 1. The van der Waals surface area contributed by atoms with Crippen molar-refractivity contribution in [1.29, 1.82) is 0 Å². The molecule has 2 atom stereocenters. The number of anilines is 1. The number of halogens is 1. The van der Waals surface area contributed by atoms with E-state index in [0.29, 0.717) is 12.1 Å². The lowest BCUT2D eigenvalue weighted by Gasteiger charge is -2.30. The van der Waals surface area contributed by atoms with Gasteiger partial charge >= 0.3 is 0 Å². The van der Waals surface area contributed by atoms with Gasteiger partial charge in [0.25, 0.3) is 0 Å². The minimum Gasteiger partial charge on any atom is -0.368 e. The molecule has 0 aliphatic carbocycles. The molecule has 2 rings (SSSR count). The van der Waals surface area contributed by atoms with Gasteiger partial charge in [-0.05, 0) is 31.5 Å². The fourth-order valence-corrected chi connectivity index (χ4v) is 4.71. The Morgan fingerprint density at radius 1 is 1.48 bits per heavy atom. The van der Waals surface area contributed by atoms with Crippen molar-refractivity contribution in [2.75, 3.05) is 30.0 Å². The SMILES string of the molecule is CCNC(C)c1cccc(F)c1N(C)C1CCS(=O)(=O)C1. The Hall–Kier alpha value is -1.14. The van der Waals surface area contributed by atoms with Crippen LogP contribution in [0.1, 0.15) is 31.9 Å². The molecule has 118 valence electrons. The lowest BCUT2D eigenvalue weighted by atomic mass is 10.0. The highest BCUT2D eigenvalue weighted by molar-refractivity contribution is 7.91. The smallest absolute Gasteiger partial charge is 0.152 e. The molecule has 0 amide bonds. The van der Waals surface area contributed by atoms with E-state index in [-0.39, 0.29) is 29.4 Å². The zero-order valence-corrected chi connectivity index (χ0v) is 13.6. The first-order chi connectivity index (χ1) is 9.85. The number of benzene rings is 1. The zero-order chi connectivity index (χ0) is 15.6. The number of rotatable bonds is 5. The standard InChI is InChI=1S/C15H23FN2O2S/c1-4-17-11(2)13-6-5-7-14(16)15(13)18(3)12-8-9-21(19,20)10-12/h5-7,11-12,17H,4,8-10H2,1-3H3. The number of nitrogens with zero attached hydrogens (tertiary/aromatic N) is 1. The first-order valence-corrected chi connectivity index (χ1v) is 9.13. The van der Waals surface area contributed by atoms with E-state index in [4.69, 9.17) is 0 Å². The molecule has 4 nitrogen and oxygen atoms in total. The summed E-state index contributed by atoms with van der Waals surface area (Å²) in [5.74, 6) is -0.00873. The van der Waals surface area contributed by atoms with Gasteiger partial charge in [0.2, 0.25) is 0 Å². The average Bonchev–Trinajstić information content (AvgIpc) is 2.78. The maximum Gasteiger partial charge on any atom is 0.152 e. The van der Waals surface area contributed by atoms with E-state index in [1.165, 1.54) is 6.07 Å². The lowest BCUT2D eigenvalue weighted by molar-refractivity contribution is 0.570. The molecule has 2 unspecified atom stereocenters. The highest BCUT2D eigenvalue weighted by atomic mass is 32.2. The number of para-hydroxylation sites is 1. The fraction of sp³-hybridized carbons (Fsp3) is 0.600. The van der Waals surface area contributed by atoms with Crippen LogP contribution in [0.15, 0.2) is 18.2 Å². The van der Waals surface area contributed by atoms with E-state index in [2.05, 4.69) is 5.32 Å². The van der Waals surface area contributed by atoms with Crippen molar-refractivity contribution in [3.63, 3.8) is 0 Å². The average molecular weight is 314 g/mol. The molecule has 1 aromatic rings. The van der Waals surface area contributed by atoms with Crippen molar-refractivity contribution in [1.82, 2.24) is 5.32 Å². The van der Waals surface area contributed by atoms with Crippen molar-refractivity contribution in [2.45, 2.75) is 32.4 Å². The normalized spacial score (nSPS) is 22.2. The first-order valence-electron chi connectivity index (χ1n) is 7.30. The Morgan fingerprint density at radius 3 is 2.76 bits per heavy atom. The Bertz CT molecular complexity index is 604. The molecule has 1 aliphatic heterocycles. The third kappa shape index (κ3) is 3.55. The van der Waals surface area contributed by atoms with E-state index in [1.807, 2.05) is 19.9 Å². The van der Waals surface area contributed by atoms with Crippen LogP contribution in [0.4, 0.5) is 10.1 Å². The molecule has 6 heteroatoms. The lowest BCUT2D eigenvalue weighted by Crippen LogP contribution is -2.35. The number of hydrogen-bond donors (Lipinski definition) is 1. The second-order valence-corrected chi connectivity index (χ2v) is 7.85. The minimum absolute atomic E-state index is 0.0150. The first kappa shape index (κ1) is 16.2. The molecule has 0 spiro atoms. The van der Waals surface area contributed by atoms with E-state index in [9.17, 15) is 12.8 Å². The maximum atomic E-state index is 14.3. The van der Waals surface area contributed by atoms with Gasteiger partial charge in [0.05, 0.1) is 17.2 Å². The van der Waals surface area contributed by atoms with E-state index < -0.39 is 9.84 Å². The molecule has 1 saturated heterocycles. The maximum absolute atomic E-state index is 14.3. The summed E-state index contributed by atoms with van der Waals surface area (Å²) in [6.07, 6.45) is 0.558. The summed E-state index contributed by atoms with van der Waals surface area (Å²) < 4.78 is 37.6. The van der Waals surface area contributed by atoms with E-state index in [0.717, 1.165) is 12.1 Å². The van der Waals surface area contributed by atoms with E-state index in [1.54, 1.807) is 18.0 Å². The Balaban J connectivity index is 2.34. The van der Waals surface area contributed by atoms with Gasteiger partial charge in [0, 0.05) is 19.1 Å². The van der Waals surface area contributed by atoms with Crippen molar-refractivity contribution in [3.05, 3.63) is 29.6 Å². The van der Waals surface area contributed by atoms with Crippen LogP contribution in [-0.4, -0.2) is 39.6 Å². The third-order valence-corrected chi connectivity index (χ3v) is 5.85. The fourth-order valence-electron chi connectivity index (χ4n) is 2.93. The second kappa shape index (κ2) is 6.32. The summed E-state index contributed by atoms with van der Waals surface area (Å²) in [5, 5.41) is 3.28. The highest BCUT2D eigenvalue weighted by Crippen LogP contribution is 2.32. The van der Waals surface area contributed by atoms with Gasteiger partial charge in [0.1, 0.15) is 5.82 Å². The zero-order valence-electron chi connectivity index (χ0n) is 12.8. The highest BCUT2D eigenvalue weighted by Gasteiger charge is 2.32. The summed E-state index contributed by atoms with van der Waals surface area (Å²) >= 11 is 0. The molecule has 1 heterocycles. The van der Waals surface area contributed by atoms with Crippen LogP contribution < -0.4 is 10.2 Å². The van der Waals surface area contributed by atoms with Crippen LogP contribution in [0.5, 0.6) is 0 Å². The van der Waals surface area contributed by atoms with Crippen LogP contribution in [0.2, 0.25) is 0 Å². The molecule has 0 aromatic heterocycles. The Kier molecular flexibility index (Phi) is 4.88. The van der Waals surface area contributed by atoms with Gasteiger partial charge in [-0.25, -0.2) is 12.8 Å². The summed E-state index contributed by atoms with van der Waals surface area (Å²) in [6.45, 7) is 4.78. The molecular weight excluding hydrogens is 291 g/mol. The van der Waals surface area contributed by atoms with Crippen molar-refractivity contribution < 1.29 is 12.8 Å². The predicted octanol–water partition coefficient (Wildman–Crippen LogP) is 2.12. The molecule has 21 heavy (non-hydrogen) atoms. The number of nitrogens with one attached hydrogen (secondary N) is 1. The summed E-state index contributed by atoms with van der Waals surface area (Å²) in [7, 11) is -1.20. The molecule has 0 saturated carbocycles. The van der Waals surface area contributed by atoms with E-state index >= 15 is 0 Å². The topological polar surface area (TPSA) is 49.4 Å². The quantitative estimate of drug-likeness (QED) is 0.904. The third-order valence-electron chi connectivity index (χ3n) is 4.10. The molecule has 0 bridgehead atoms. The molecule has 1 aromatic carbocycles. The van der Waals surface area contributed by atoms with Crippen molar-refractivity contribution in [2.24, 2.45) is 0 Å². The molecular formula is C15H23FN2O2S. The van der Waals surface area contributed by atoms with Gasteiger partial charge in [0.15, 0.2) is 9.84 Å². The Labute approximate surface area is 126 Å². The van der Waals surface area contributed by atoms with Crippen LogP contribution in [0.3, 0.4) is 0 Å². The van der Waals surface area contributed by atoms with Crippen LogP contribution in [0, 0.1) is 5.82 Å². The minimum atomic E-state index is -2.98. The monoisotopic (exact) mass is 314 g/mol. The molecule has 1 N–H and O–H groups in total. The summed E-state index contributed by atoms with van der Waals surface area (Å²) in [6, 6.07) is 4.88. The van der Waals surface area contributed by atoms with Crippen LogP contribution >= 0.6 is 0 Å². The summed E-state index contributed by atoms with van der Waals surface area (Å²) in [4.78, 5) is 1.79. The molecule has 1 fully saturated rings. The van der Waals surface area contributed by atoms with Crippen LogP contribution in [0.25, 0.3) is 0 Å². The summed E-state index contributed by atoms with van der Waals surface area (Å²) in [5.41, 5.74) is 1.37. The van der Waals surface area contributed by atoms with Gasteiger partial charge < -0.3 is 10.2 Å². The largest absolute Gasteiger partial charge is 0.368 e. The predicted molar refractivity (Wildman–Crippen MR) is 84.0 cm³/mol. The number of hydrogen-bond acceptors (Lipinski definition) is 4. The van der Waals surface area contributed by atoms with Gasteiger partial charge in [-0.3, -0.25) is 0 Å². The van der Waals surface area contributed by atoms with Gasteiger partial charge in [-0.15, -0.1) is 0 Å². The van der Waals surface area contributed by atoms with Crippen LogP contribution in [-0.2, 0) is 9.84 Å². The van der Waals surface area contributed by atoms with Gasteiger partial charge in [-0.1, -0.05) is 19.1 Å². The Morgan fingerprint density at radius 2 is 2.19 bits per heavy atom. The molecule has 0 radical (unpaired) electrons. The molecule has 1 aliphatic rings. The van der Waals surface area contributed by atoms with Crippen molar-refractivity contribution >= 4 is 15.5 Å². The van der Waals surface area contributed by atoms with Crippen molar-refractivity contribution in [3.8, 4) is 0 Å². The second-order valence-electron chi connectivity index (χ2n) is 5.62. The van der Waals surface area contributed by atoms with Gasteiger partial charge in [-0.2, -0.15) is 0 Å².